The number of halogens is 1. The van der Waals surface area contributed by atoms with E-state index in [1.165, 1.54) is 6.92 Å². The molecule has 0 fully saturated rings. The maximum atomic E-state index is 12.8. The molecule has 0 saturated heterocycles. The summed E-state index contributed by atoms with van der Waals surface area (Å²) in [5, 5.41) is 3.32. The third-order valence-corrected chi connectivity index (χ3v) is 4.64. The standard InChI is InChI=1S/C20H21ClN2O3/c1-13-7-5-8-15-18(22-14(2)24)20(25)23(19(13)15)11-6-12-26-17-10-4-3-9-16(17)21/h3-5,7-10,18H,6,11-12H2,1-2H3,(H,22,24)/t18-/m1/s1. The first-order valence-electron chi connectivity index (χ1n) is 8.54. The van der Waals surface area contributed by atoms with Crippen molar-refractivity contribution < 1.29 is 14.3 Å². The van der Waals surface area contributed by atoms with Gasteiger partial charge < -0.3 is 15.0 Å². The van der Waals surface area contributed by atoms with Crippen molar-refractivity contribution in [3.8, 4) is 5.75 Å². The van der Waals surface area contributed by atoms with Crippen molar-refractivity contribution in [2.24, 2.45) is 0 Å². The van der Waals surface area contributed by atoms with Gasteiger partial charge in [0.2, 0.25) is 5.91 Å². The predicted molar refractivity (Wildman–Crippen MR) is 102 cm³/mol. The maximum absolute atomic E-state index is 12.8. The van der Waals surface area contributed by atoms with Crippen molar-refractivity contribution in [3.63, 3.8) is 0 Å². The smallest absolute Gasteiger partial charge is 0.254 e. The summed E-state index contributed by atoms with van der Waals surface area (Å²) >= 11 is 6.08. The van der Waals surface area contributed by atoms with Crippen LogP contribution in [-0.2, 0) is 9.59 Å². The zero-order valence-electron chi connectivity index (χ0n) is 14.8. The quantitative estimate of drug-likeness (QED) is 0.787. The topological polar surface area (TPSA) is 58.6 Å². The van der Waals surface area contributed by atoms with Crippen molar-refractivity contribution in [1.29, 1.82) is 0 Å². The van der Waals surface area contributed by atoms with Gasteiger partial charge in [0.15, 0.2) is 0 Å². The monoisotopic (exact) mass is 372 g/mol. The third kappa shape index (κ3) is 3.68. The van der Waals surface area contributed by atoms with Gasteiger partial charge in [-0.1, -0.05) is 41.9 Å². The molecule has 6 heteroatoms. The lowest BCUT2D eigenvalue weighted by Crippen LogP contribution is -2.37. The van der Waals surface area contributed by atoms with Crippen molar-refractivity contribution >= 4 is 29.1 Å². The van der Waals surface area contributed by atoms with Gasteiger partial charge in [0.25, 0.3) is 5.91 Å². The highest BCUT2D eigenvalue weighted by atomic mass is 35.5. The van der Waals surface area contributed by atoms with E-state index in [0.717, 1.165) is 16.8 Å². The fourth-order valence-electron chi connectivity index (χ4n) is 3.21. The molecule has 0 spiro atoms. The zero-order chi connectivity index (χ0) is 18.7. The number of ether oxygens (including phenoxy) is 1. The highest BCUT2D eigenvalue weighted by molar-refractivity contribution is 6.32. The second-order valence-electron chi connectivity index (χ2n) is 6.27. The van der Waals surface area contributed by atoms with Gasteiger partial charge in [0.1, 0.15) is 11.8 Å². The van der Waals surface area contributed by atoms with Crippen molar-refractivity contribution in [2.45, 2.75) is 26.3 Å². The van der Waals surface area contributed by atoms with Crippen molar-refractivity contribution in [2.75, 3.05) is 18.1 Å². The number of nitrogens with zero attached hydrogens (tertiary/aromatic N) is 1. The minimum absolute atomic E-state index is 0.109. The van der Waals surface area contributed by atoms with Crippen LogP contribution < -0.4 is 15.0 Å². The van der Waals surface area contributed by atoms with Gasteiger partial charge in [-0.3, -0.25) is 9.59 Å². The van der Waals surface area contributed by atoms with Gasteiger partial charge in [-0.05, 0) is 31.0 Å². The van der Waals surface area contributed by atoms with Gasteiger partial charge in [0.05, 0.1) is 17.3 Å². The summed E-state index contributed by atoms with van der Waals surface area (Å²) in [6, 6.07) is 12.4. The molecule has 0 bridgehead atoms. The number of hydrogen-bond acceptors (Lipinski definition) is 3. The van der Waals surface area contributed by atoms with Gasteiger partial charge >= 0.3 is 0 Å². The lowest BCUT2D eigenvalue weighted by atomic mass is 10.1. The molecule has 0 aromatic heterocycles. The Kier molecular flexibility index (Phi) is 5.47. The summed E-state index contributed by atoms with van der Waals surface area (Å²) in [4.78, 5) is 26.0. The van der Waals surface area contributed by atoms with Gasteiger partial charge in [-0.25, -0.2) is 0 Å². The normalized spacial score (nSPS) is 15.7. The van der Waals surface area contributed by atoms with E-state index < -0.39 is 6.04 Å². The third-order valence-electron chi connectivity index (χ3n) is 4.33. The van der Waals surface area contributed by atoms with Crippen LogP contribution in [0.5, 0.6) is 5.75 Å². The molecule has 1 aliphatic heterocycles. The van der Waals surface area contributed by atoms with Gasteiger partial charge in [-0.2, -0.15) is 0 Å². The maximum Gasteiger partial charge on any atom is 0.254 e. The highest BCUT2D eigenvalue weighted by Crippen LogP contribution is 2.38. The van der Waals surface area contributed by atoms with Crippen LogP contribution in [0, 0.1) is 6.92 Å². The molecule has 3 rings (SSSR count). The van der Waals surface area contributed by atoms with E-state index in [1.807, 2.05) is 43.3 Å². The fourth-order valence-corrected chi connectivity index (χ4v) is 3.40. The Morgan fingerprint density at radius 1 is 1.23 bits per heavy atom. The van der Waals surface area contributed by atoms with Crippen molar-refractivity contribution in [1.82, 2.24) is 5.32 Å². The van der Waals surface area contributed by atoms with E-state index in [2.05, 4.69) is 5.32 Å². The molecule has 2 amide bonds. The molecule has 0 unspecified atom stereocenters. The second-order valence-corrected chi connectivity index (χ2v) is 6.68. The summed E-state index contributed by atoms with van der Waals surface area (Å²) < 4.78 is 5.70. The summed E-state index contributed by atoms with van der Waals surface area (Å²) in [6.45, 7) is 4.34. The first-order valence-corrected chi connectivity index (χ1v) is 8.92. The average Bonchev–Trinajstić information content (AvgIpc) is 2.86. The predicted octanol–water partition coefficient (Wildman–Crippen LogP) is 3.64. The molecule has 5 nitrogen and oxygen atoms in total. The average molecular weight is 373 g/mol. The molecule has 26 heavy (non-hydrogen) atoms. The summed E-state index contributed by atoms with van der Waals surface area (Å²) in [6.07, 6.45) is 0.650. The van der Waals surface area contributed by atoms with E-state index in [9.17, 15) is 9.59 Å². The van der Waals surface area contributed by atoms with Crippen LogP contribution in [0.1, 0.15) is 30.5 Å². The molecule has 0 saturated carbocycles. The van der Waals surface area contributed by atoms with Crippen LogP contribution in [-0.4, -0.2) is 25.0 Å². The molecular weight excluding hydrogens is 352 g/mol. The van der Waals surface area contributed by atoms with E-state index in [-0.39, 0.29) is 11.8 Å². The Balaban J connectivity index is 1.69. The lowest BCUT2D eigenvalue weighted by Gasteiger charge is -2.19. The van der Waals surface area contributed by atoms with Crippen LogP contribution in [0.2, 0.25) is 5.02 Å². The number of carbonyl (C=O) groups is 2. The molecule has 136 valence electrons. The fraction of sp³-hybridized carbons (Fsp3) is 0.300. The molecule has 2 aromatic rings. The molecule has 1 atom stereocenters. The number of para-hydroxylation sites is 2. The molecule has 1 heterocycles. The first kappa shape index (κ1) is 18.3. The van der Waals surface area contributed by atoms with Crippen LogP contribution in [0.3, 0.4) is 0 Å². The lowest BCUT2D eigenvalue weighted by molar-refractivity contribution is -0.126. The van der Waals surface area contributed by atoms with Gasteiger partial charge in [-0.15, -0.1) is 0 Å². The second kappa shape index (κ2) is 7.79. The summed E-state index contributed by atoms with van der Waals surface area (Å²) in [5.41, 5.74) is 2.74. The van der Waals surface area contributed by atoms with E-state index >= 15 is 0 Å². The number of anilines is 1. The molecule has 1 aliphatic rings. The largest absolute Gasteiger partial charge is 0.492 e. The Morgan fingerprint density at radius 3 is 2.73 bits per heavy atom. The minimum atomic E-state index is -0.619. The van der Waals surface area contributed by atoms with Crippen LogP contribution in [0.25, 0.3) is 0 Å². The number of hydrogen-bond donors (Lipinski definition) is 1. The Bertz CT molecular complexity index is 838. The Labute approximate surface area is 157 Å². The number of aryl methyl sites for hydroxylation is 1. The van der Waals surface area contributed by atoms with Gasteiger partial charge in [0, 0.05) is 19.0 Å². The first-order chi connectivity index (χ1) is 12.5. The molecule has 2 aromatic carbocycles. The number of rotatable bonds is 6. The van der Waals surface area contributed by atoms with Crippen molar-refractivity contribution in [3.05, 3.63) is 58.6 Å². The van der Waals surface area contributed by atoms with Crippen LogP contribution >= 0.6 is 11.6 Å². The highest BCUT2D eigenvalue weighted by Gasteiger charge is 2.38. The number of carbonyl (C=O) groups excluding carboxylic acids is 2. The summed E-state index contributed by atoms with van der Waals surface area (Å²) in [5.74, 6) is 0.302. The Hall–Kier alpha value is -2.53. The number of nitrogens with one attached hydrogen (secondary N) is 1. The number of fused-ring (bicyclic) bond motifs is 1. The minimum Gasteiger partial charge on any atom is -0.492 e. The number of amides is 2. The van der Waals surface area contributed by atoms with E-state index in [0.29, 0.717) is 30.3 Å². The van der Waals surface area contributed by atoms with E-state index in [1.54, 1.807) is 11.0 Å². The molecule has 1 N–H and O–H groups in total. The molecule has 0 aliphatic carbocycles. The van der Waals surface area contributed by atoms with Crippen LogP contribution in [0.15, 0.2) is 42.5 Å². The SMILES string of the molecule is CC(=O)N[C@H]1C(=O)N(CCCOc2ccccc2Cl)c2c(C)cccc21. The van der Waals surface area contributed by atoms with Crippen LogP contribution in [0.4, 0.5) is 5.69 Å². The van der Waals surface area contributed by atoms with E-state index in [4.69, 9.17) is 16.3 Å². The molecular formula is C20H21ClN2O3. The summed E-state index contributed by atoms with van der Waals surface area (Å²) in [7, 11) is 0. The Morgan fingerprint density at radius 2 is 2.00 bits per heavy atom. The number of benzene rings is 2. The molecule has 0 radical (unpaired) electrons. The zero-order valence-corrected chi connectivity index (χ0v) is 15.5.